The molecule has 128 valence electrons. The second-order valence-electron chi connectivity index (χ2n) is 6.81. The standard InChI is InChI=1S/C12H13N.C11H7NO/c1-3-7-11-9(5-1)10-6-2-4-8-12(10)13-11;1-2-9-10(13-7-1)4-3-8-5-6-12-11(8)9/h1,3,5,7,13H,2,4,6,8H2;1-7H. The molecule has 0 unspecified atom stereocenters. The molecule has 2 aromatic carbocycles. The highest BCUT2D eigenvalue weighted by Crippen LogP contribution is 2.28. The maximum Gasteiger partial charge on any atom is 0.135 e. The summed E-state index contributed by atoms with van der Waals surface area (Å²) in [6, 6.07) is 18.5. The molecular weight excluding hydrogens is 320 g/mol. The summed E-state index contributed by atoms with van der Waals surface area (Å²) in [7, 11) is 0. The first-order chi connectivity index (χ1) is 12.9. The highest BCUT2D eigenvalue weighted by molar-refractivity contribution is 6.03. The van der Waals surface area contributed by atoms with Crippen LogP contribution in [0.1, 0.15) is 24.1 Å². The van der Waals surface area contributed by atoms with Crippen molar-refractivity contribution in [2.75, 3.05) is 0 Å². The summed E-state index contributed by atoms with van der Waals surface area (Å²) in [4.78, 5) is 7.80. The van der Waals surface area contributed by atoms with Gasteiger partial charge >= 0.3 is 0 Å². The van der Waals surface area contributed by atoms with E-state index >= 15 is 0 Å². The van der Waals surface area contributed by atoms with E-state index in [-0.39, 0.29) is 0 Å². The fourth-order valence-corrected chi connectivity index (χ4v) is 3.95. The van der Waals surface area contributed by atoms with Gasteiger partial charge in [-0.05, 0) is 67.6 Å². The molecule has 1 N–H and O–H groups in total. The minimum absolute atomic E-state index is 0.883. The fourth-order valence-electron chi connectivity index (χ4n) is 3.95. The Morgan fingerprint density at radius 2 is 1.73 bits per heavy atom. The normalized spacial score (nSPS) is 13.5. The number of nitrogens with zero attached hydrogens (tertiary/aromatic N) is 1. The van der Waals surface area contributed by atoms with Crippen molar-refractivity contribution in [1.82, 2.24) is 9.97 Å². The van der Waals surface area contributed by atoms with Crippen molar-refractivity contribution >= 4 is 32.8 Å². The Balaban J connectivity index is 0.000000115. The quantitative estimate of drug-likeness (QED) is 0.374. The van der Waals surface area contributed by atoms with Crippen molar-refractivity contribution in [3.63, 3.8) is 0 Å². The summed E-state index contributed by atoms with van der Waals surface area (Å²) in [6.45, 7) is 0. The lowest BCUT2D eigenvalue weighted by Gasteiger charge is -2.10. The van der Waals surface area contributed by atoms with Gasteiger partial charge in [0.05, 0.1) is 11.8 Å². The monoisotopic (exact) mass is 340 g/mol. The third-order valence-electron chi connectivity index (χ3n) is 5.21. The Morgan fingerprint density at radius 1 is 0.846 bits per heavy atom. The minimum Gasteiger partial charge on any atom is -0.464 e. The smallest absolute Gasteiger partial charge is 0.135 e. The van der Waals surface area contributed by atoms with Crippen molar-refractivity contribution in [1.29, 1.82) is 0 Å². The van der Waals surface area contributed by atoms with Crippen LogP contribution in [0, 0.1) is 0 Å². The predicted molar refractivity (Wildman–Crippen MR) is 106 cm³/mol. The van der Waals surface area contributed by atoms with Gasteiger partial charge in [0.15, 0.2) is 0 Å². The third-order valence-corrected chi connectivity index (χ3v) is 5.21. The number of H-pyrrole nitrogens is 1. The number of benzene rings is 2. The molecule has 3 heteroatoms. The molecule has 0 bridgehead atoms. The van der Waals surface area contributed by atoms with Crippen LogP contribution in [0.15, 0.2) is 71.5 Å². The molecule has 1 aliphatic carbocycles. The van der Waals surface area contributed by atoms with E-state index in [1.165, 1.54) is 42.3 Å². The second kappa shape index (κ2) is 6.34. The summed E-state index contributed by atoms with van der Waals surface area (Å²) in [5.74, 6) is 0. The Kier molecular flexibility index (Phi) is 3.71. The van der Waals surface area contributed by atoms with Gasteiger partial charge in [-0.15, -0.1) is 0 Å². The van der Waals surface area contributed by atoms with Crippen LogP contribution in [0.3, 0.4) is 0 Å². The van der Waals surface area contributed by atoms with Crippen LogP contribution >= 0.6 is 0 Å². The molecule has 1 aliphatic rings. The van der Waals surface area contributed by atoms with Gasteiger partial charge in [0.1, 0.15) is 5.58 Å². The molecule has 0 saturated heterocycles. The van der Waals surface area contributed by atoms with Crippen molar-refractivity contribution in [3.8, 4) is 0 Å². The lowest BCUT2D eigenvalue weighted by Crippen LogP contribution is -1.99. The first-order valence-corrected chi connectivity index (χ1v) is 9.19. The summed E-state index contributed by atoms with van der Waals surface area (Å²) >= 11 is 0. The van der Waals surface area contributed by atoms with E-state index in [2.05, 4.69) is 34.2 Å². The lowest BCUT2D eigenvalue weighted by molar-refractivity contribution is 0.604. The number of hydrogen-bond acceptors (Lipinski definition) is 2. The molecule has 26 heavy (non-hydrogen) atoms. The number of fused-ring (bicyclic) bond motifs is 6. The van der Waals surface area contributed by atoms with E-state index < -0.39 is 0 Å². The zero-order chi connectivity index (χ0) is 17.3. The largest absolute Gasteiger partial charge is 0.464 e. The van der Waals surface area contributed by atoms with Gasteiger partial charge in [0, 0.05) is 33.6 Å². The Morgan fingerprint density at radius 3 is 2.73 bits per heavy atom. The first kappa shape index (κ1) is 15.2. The van der Waals surface area contributed by atoms with Crippen LogP contribution < -0.4 is 0 Å². The average Bonchev–Trinajstić information content (AvgIpc) is 3.33. The molecule has 0 amide bonds. The van der Waals surface area contributed by atoms with Crippen LogP contribution in [0.25, 0.3) is 32.8 Å². The molecular formula is C23H20N2O. The van der Waals surface area contributed by atoms with E-state index in [0.717, 1.165) is 21.9 Å². The highest BCUT2D eigenvalue weighted by Gasteiger charge is 2.13. The summed E-state index contributed by atoms with van der Waals surface area (Å²) in [5, 5.41) is 3.68. The molecule has 0 radical (unpaired) electrons. The molecule has 0 atom stereocenters. The number of para-hydroxylation sites is 1. The van der Waals surface area contributed by atoms with Crippen molar-refractivity contribution < 1.29 is 4.42 Å². The van der Waals surface area contributed by atoms with Gasteiger partial charge in [-0.3, -0.25) is 4.98 Å². The number of nitrogens with one attached hydrogen (secondary N) is 1. The molecule has 3 aromatic heterocycles. The maximum atomic E-state index is 5.35. The van der Waals surface area contributed by atoms with Crippen molar-refractivity contribution in [3.05, 3.63) is 78.3 Å². The van der Waals surface area contributed by atoms with Crippen LogP contribution in [0.4, 0.5) is 0 Å². The summed E-state index contributed by atoms with van der Waals surface area (Å²) < 4.78 is 5.35. The Bertz CT molecular complexity index is 1200. The Hall–Kier alpha value is -3.07. The second-order valence-corrected chi connectivity index (χ2v) is 6.81. The predicted octanol–water partition coefficient (Wildman–Crippen LogP) is 6.03. The number of aryl methyl sites for hydroxylation is 2. The average molecular weight is 340 g/mol. The van der Waals surface area contributed by atoms with E-state index in [0.29, 0.717) is 0 Å². The van der Waals surface area contributed by atoms with Gasteiger partial charge in [0.25, 0.3) is 0 Å². The summed E-state index contributed by atoms with van der Waals surface area (Å²) in [5.41, 5.74) is 6.26. The van der Waals surface area contributed by atoms with Gasteiger partial charge in [-0.2, -0.15) is 0 Å². The third kappa shape index (κ3) is 2.57. The summed E-state index contributed by atoms with van der Waals surface area (Å²) in [6.07, 6.45) is 8.70. The number of rotatable bonds is 0. The zero-order valence-electron chi connectivity index (χ0n) is 14.5. The highest BCUT2D eigenvalue weighted by atomic mass is 16.3. The van der Waals surface area contributed by atoms with Gasteiger partial charge in [0.2, 0.25) is 0 Å². The molecule has 5 aromatic rings. The van der Waals surface area contributed by atoms with Gasteiger partial charge in [-0.25, -0.2) is 0 Å². The molecule has 0 saturated carbocycles. The van der Waals surface area contributed by atoms with E-state index in [9.17, 15) is 0 Å². The number of aromatic amines is 1. The van der Waals surface area contributed by atoms with E-state index in [1.54, 1.807) is 11.8 Å². The molecule has 0 aliphatic heterocycles. The zero-order valence-corrected chi connectivity index (χ0v) is 14.5. The van der Waals surface area contributed by atoms with Crippen LogP contribution in [-0.2, 0) is 12.8 Å². The van der Waals surface area contributed by atoms with E-state index in [1.807, 2.05) is 36.5 Å². The molecule has 3 nitrogen and oxygen atoms in total. The van der Waals surface area contributed by atoms with Crippen LogP contribution in [-0.4, -0.2) is 9.97 Å². The topological polar surface area (TPSA) is 41.8 Å². The first-order valence-electron chi connectivity index (χ1n) is 9.19. The van der Waals surface area contributed by atoms with Crippen LogP contribution in [0.2, 0.25) is 0 Å². The SMILES string of the molecule is c1ccc2c3c([nH]c2c1)CCCC3.c1coc2ccc3ccnc3c2c1. The molecule has 3 heterocycles. The van der Waals surface area contributed by atoms with Crippen LogP contribution in [0.5, 0.6) is 0 Å². The fraction of sp³-hybridized carbons (Fsp3) is 0.174. The number of aromatic nitrogens is 2. The van der Waals surface area contributed by atoms with Gasteiger partial charge < -0.3 is 9.40 Å². The molecule has 0 spiro atoms. The Labute approximate surface area is 151 Å². The minimum atomic E-state index is 0.883. The lowest BCUT2D eigenvalue weighted by atomic mass is 9.96. The van der Waals surface area contributed by atoms with Crippen molar-refractivity contribution in [2.24, 2.45) is 0 Å². The molecule has 0 fully saturated rings. The van der Waals surface area contributed by atoms with Crippen molar-refractivity contribution in [2.45, 2.75) is 25.7 Å². The van der Waals surface area contributed by atoms with Gasteiger partial charge in [-0.1, -0.05) is 18.2 Å². The van der Waals surface area contributed by atoms with E-state index in [4.69, 9.17) is 4.42 Å². The number of hydrogen-bond donors (Lipinski definition) is 1. The molecule has 6 rings (SSSR count). The maximum absolute atomic E-state index is 5.35.